The molecule has 1 aromatic carbocycles. The molecule has 0 amide bonds. The number of hydrogen-bond donors (Lipinski definition) is 1. The Morgan fingerprint density at radius 1 is 1.33 bits per heavy atom. The molecule has 1 N–H and O–H groups in total. The van der Waals surface area contributed by atoms with Crippen molar-refractivity contribution in [2.75, 3.05) is 6.54 Å². The summed E-state index contributed by atoms with van der Waals surface area (Å²) in [4.78, 5) is 0. The van der Waals surface area contributed by atoms with Crippen LogP contribution < -0.4 is 5.32 Å². The quantitative estimate of drug-likeness (QED) is 0.800. The Hall–Kier alpha value is -0.530. The van der Waals surface area contributed by atoms with E-state index >= 15 is 0 Å². The number of nitrogens with one attached hydrogen (secondary N) is 1. The van der Waals surface area contributed by atoms with Crippen molar-refractivity contribution in [2.24, 2.45) is 5.92 Å². The lowest BCUT2D eigenvalue weighted by atomic mass is 9.91. The first-order chi connectivity index (χ1) is 8.72. The number of rotatable bonds is 5. The molecule has 1 fully saturated rings. The summed E-state index contributed by atoms with van der Waals surface area (Å²) in [6, 6.07) is 7.04. The Kier molecular flexibility index (Phi) is 5.08. The van der Waals surface area contributed by atoms with E-state index in [-0.39, 0.29) is 0 Å². The summed E-state index contributed by atoms with van der Waals surface area (Å²) in [5, 5.41) is 4.61. The highest BCUT2D eigenvalue weighted by molar-refractivity contribution is 6.31. The number of halogens is 1. The van der Waals surface area contributed by atoms with Gasteiger partial charge in [0, 0.05) is 11.1 Å². The second-order valence-corrected chi connectivity index (χ2v) is 5.89. The van der Waals surface area contributed by atoms with Crippen LogP contribution in [0.1, 0.15) is 56.2 Å². The van der Waals surface area contributed by atoms with E-state index < -0.39 is 0 Å². The molecule has 18 heavy (non-hydrogen) atoms. The second kappa shape index (κ2) is 6.58. The summed E-state index contributed by atoms with van der Waals surface area (Å²) >= 11 is 6.27. The Morgan fingerprint density at radius 2 is 2.06 bits per heavy atom. The Bertz CT molecular complexity index is 383. The number of hydrogen-bond acceptors (Lipinski definition) is 1. The van der Waals surface area contributed by atoms with Crippen molar-refractivity contribution in [1.82, 2.24) is 5.32 Å². The van der Waals surface area contributed by atoms with Crippen molar-refractivity contribution < 1.29 is 0 Å². The summed E-state index contributed by atoms with van der Waals surface area (Å²) in [6.07, 6.45) is 6.66. The highest BCUT2D eigenvalue weighted by Gasteiger charge is 2.25. The zero-order valence-electron chi connectivity index (χ0n) is 11.5. The van der Waals surface area contributed by atoms with E-state index in [1.54, 1.807) is 0 Å². The van der Waals surface area contributed by atoms with Gasteiger partial charge in [0.2, 0.25) is 0 Å². The normalized spacial score (nSPS) is 18.2. The van der Waals surface area contributed by atoms with Crippen molar-refractivity contribution in [3.05, 3.63) is 34.3 Å². The van der Waals surface area contributed by atoms with Crippen molar-refractivity contribution in [3.8, 4) is 0 Å². The maximum atomic E-state index is 6.27. The molecule has 0 heterocycles. The van der Waals surface area contributed by atoms with E-state index in [0.717, 1.165) is 17.5 Å². The predicted octanol–water partition coefficient (Wildman–Crippen LogP) is 4.88. The lowest BCUT2D eigenvalue weighted by molar-refractivity contribution is 0.368. The third-order valence-electron chi connectivity index (χ3n) is 4.04. The molecule has 1 saturated carbocycles. The lowest BCUT2D eigenvalue weighted by Gasteiger charge is -2.25. The van der Waals surface area contributed by atoms with Crippen LogP contribution >= 0.6 is 11.6 Å². The van der Waals surface area contributed by atoms with Crippen LogP contribution in [0.15, 0.2) is 18.2 Å². The van der Waals surface area contributed by atoms with Crippen LogP contribution in [0.25, 0.3) is 0 Å². The summed E-state index contributed by atoms with van der Waals surface area (Å²) < 4.78 is 0. The Morgan fingerprint density at radius 3 is 2.67 bits per heavy atom. The first-order valence-corrected chi connectivity index (χ1v) is 7.59. The van der Waals surface area contributed by atoms with Gasteiger partial charge in [0.05, 0.1) is 0 Å². The molecule has 0 bridgehead atoms. The van der Waals surface area contributed by atoms with Gasteiger partial charge in [0.15, 0.2) is 0 Å². The largest absolute Gasteiger partial charge is 0.310 e. The topological polar surface area (TPSA) is 12.0 Å². The molecule has 0 spiro atoms. The zero-order valence-corrected chi connectivity index (χ0v) is 12.3. The van der Waals surface area contributed by atoms with E-state index in [0.29, 0.717) is 6.04 Å². The van der Waals surface area contributed by atoms with Gasteiger partial charge in [0.1, 0.15) is 0 Å². The number of aryl methyl sites for hydroxylation is 1. The third kappa shape index (κ3) is 3.27. The molecule has 0 saturated heterocycles. The molecule has 0 aliphatic heterocycles. The van der Waals surface area contributed by atoms with Crippen molar-refractivity contribution in [1.29, 1.82) is 0 Å². The molecule has 100 valence electrons. The van der Waals surface area contributed by atoms with E-state index in [2.05, 4.69) is 37.4 Å². The molecule has 0 aromatic heterocycles. The van der Waals surface area contributed by atoms with Gasteiger partial charge < -0.3 is 5.32 Å². The van der Waals surface area contributed by atoms with Crippen LogP contribution in [-0.2, 0) is 0 Å². The monoisotopic (exact) mass is 265 g/mol. The van der Waals surface area contributed by atoms with Gasteiger partial charge >= 0.3 is 0 Å². The smallest absolute Gasteiger partial charge is 0.0438 e. The highest BCUT2D eigenvalue weighted by atomic mass is 35.5. The lowest BCUT2D eigenvalue weighted by Crippen LogP contribution is -2.27. The van der Waals surface area contributed by atoms with Crippen LogP contribution in [0.3, 0.4) is 0 Å². The molecule has 1 aliphatic rings. The second-order valence-electron chi connectivity index (χ2n) is 5.48. The summed E-state index contributed by atoms with van der Waals surface area (Å²) in [5.41, 5.74) is 2.53. The molecule has 1 atom stereocenters. The van der Waals surface area contributed by atoms with E-state index in [1.165, 1.54) is 43.2 Å². The van der Waals surface area contributed by atoms with Gasteiger partial charge in [-0.3, -0.25) is 0 Å². The van der Waals surface area contributed by atoms with Crippen molar-refractivity contribution in [3.63, 3.8) is 0 Å². The molecular formula is C16H24ClN. The first-order valence-electron chi connectivity index (χ1n) is 7.21. The summed E-state index contributed by atoms with van der Waals surface area (Å²) in [6.45, 7) is 5.38. The van der Waals surface area contributed by atoms with Crippen molar-refractivity contribution >= 4 is 11.6 Å². The molecule has 1 nitrogen and oxygen atoms in total. The molecule has 2 heteroatoms. The molecule has 1 aromatic rings. The summed E-state index contributed by atoms with van der Waals surface area (Å²) in [7, 11) is 0. The molecule has 0 radical (unpaired) electrons. The number of benzene rings is 1. The SMILES string of the molecule is CCCNC(c1ccc(C)c(Cl)c1)C1CCCC1. The fraction of sp³-hybridized carbons (Fsp3) is 0.625. The van der Waals surface area contributed by atoms with Gasteiger partial charge in [-0.25, -0.2) is 0 Å². The minimum absolute atomic E-state index is 0.491. The van der Waals surface area contributed by atoms with E-state index in [4.69, 9.17) is 11.6 Å². The maximum absolute atomic E-state index is 6.27. The van der Waals surface area contributed by atoms with Gasteiger partial charge in [-0.05, 0) is 55.8 Å². The molecule has 1 aliphatic carbocycles. The fourth-order valence-electron chi connectivity index (χ4n) is 2.95. The molecular weight excluding hydrogens is 242 g/mol. The van der Waals surface area contributed by atoms with Crippen LogP contribution in [-0.4, -0.2) is 6.54 Å². The van der Waals surface area contributed by atoms with Crippen LogP contribution in [0.4, 0.5) is 0 Å². The van der Waals surface area contributed by atoms with Crippen LogP contribution in [0, 0.1) is 12.8 Å². The molecule has 2 rings (SSSR count). The van der Waals surface area contributed by atoms with Gasteiger partial charge in [0.25, 0.3) is 0 Å². The van der Waals surface area contributed by atoms with Gasteiger partial charge in [-0.15, -0.1) is 0 Å². The Balaban J connectivity index is 2.17. The summed E-state index contributed by atoms with van der Waals surface area (Å²) in [5.74, 6) is 0.787. The minimum Gasteiger partial charge on any atom is -0.310 e. The zero-order chi connectivity index (χ0) is 13.0. The standard InChI is InChI=1S/C16H24ClN/c1-3-10-18-16(13-6-4-5-7-13)14-9-8-12(2)15(17)11-14/h8-9,11,13,16,18H,3-7,10H2,1-2H3. The first kappa shape index (κ1) is 13.9. The average Bonchev–Trinajstić information content (AvgIpc) is 2.88. The van der Waals surface area contributed by atoms with Crippen LogP contribution in [0.2, 0.25) is 5.02 Å². The van der Waals surface area contributed by atoms with Gasteiger partial charge in [-0.1, -0.05) is 43.5 Å². The van der Waals surface area contributed by atoms with E-state index in [9.17, 15) is 0 Å². The van der Waals surface area contributed by atoms with Crippen LogP contribution in [0.5, 0.6) is 0 Å². The Labute approximate surface area is 116 Å². The highest BCUT2D eigenvalue weighted by Crippen LogP contribution is 2.36. The van der Waals surface area contributed by atoms with Crippen molar-refractivity contribution in [2.45, 2.75) is 52.0 Å². The van der Waals surface area contributed by atoms with Gasteiger partial charge in [-0.2, -0.15) is 0 Å². The fourth-order valence-corrected chi connectivity index (χ4v) is 3.14. The average molecular weight is 266 g/mol. The minimum atomic E-state index is 0.491. The molecule has 1 unspecified atom stereocenters. The third-order valence-corrected chi connectivity index (χ3v) is 4.45. The maximum Gasteiger partial charge on any atom is 0.0438 e. The van der Waals surface area contributed by atoms with E-state index in [1.807, 2.05) is 0 Å². The predicted molar refractivity (Wildman–Crippen MR) is 79.2 cm³/mol.